The van der Waals surface area contributed by atoms with Crippen LogP contribution in [0.4, 0.5) is 0 Å². The molecule has 3 rings (SSSR count). The number of carbonyl (C=O) groups is 1. The van der Waals surface area contributed by atoms with Crippen molar-refractivity contribution in [3.05, 3.63) is 36.2 Å². The molecule has 1 aliphatic rings. The summed E-state index contributed by atoms with van der Waals surface area (Å²) in [5.74, 6) is 0.469. The SMILES string of the molecule is O=C(CCn1cnnn1)N1CCCCC1CCc1cccc(O)c1. The average Bonchev–Trinajstić information content (AvgIpc) is 3.12. The van der Waals surface area contributed by atoms with E-state index in [1.54, 1.807) is 16.8 Å². The van der Waals surface area contributed by atoms with Gasteiger partial charge in [0.1, 0.15) is 12.1 Å². The van der Waals surface area contributed by atoms with Crippen molar-refractivity contribution in [2.75, 3.05) is 6.54 Å². The third-order valence-electron chi connectivity index (χ3n) is 4.57. The lowest BCUT2D eigenvalue weighted by Gasteiger charge is -2.36. The highest BCUT2D eigenvalue weighted by Gasteiger charge is 2.26. The molecule has 1 saturated heterocycles. The molecule has 7 heteroatoms. The quantitative estimate of drug-likeness (QED) is 0.873. The number of tetrazole rings is 1. The number of aryl methyl sites for hydroxylation is 2. The van der Waals surface area contributed by atoms with Crippen LogP contribution in [0.1, 0.15) is 37.7 Å². The Kier molecular flexibility index (Phi) is 5.40. The highest BCUT2D eigenvalue weighted by molar-refractivity contribution is 5.76. The van der Waals surface area contributed by atoms with Gasteiger partial charge in [-0.2, -0.15) is 0 Å². The number of rotatable bonds is 6. The lowest BCUT2D eigenvalue weighted by atomic mass is 9.95. The van der Waals surface area contributed by atoms with E-state index in [2.05, 4.69) is 15.5 Å². The van der Waals surface area contributed by atoms with Crippen LogP contribution in [0.15, 0.2) is 30.6 Å². The summed E-state index contributed by atoms with van der Waals surface area (Å²) in [6.07, 6.45) is 7.04. The number of phenols is 1. The molecule has 1 aliphatic heterocycles. The number of aromatic nitrogens is 4. The molecule has 128 valence electrons. The van der Waals surface area contributed by atoms with E-state index in [0.717, 1.165) is 37.8 Å². The van der Waals surface area contributed by atoms with Crippen molar-refractivity contribution in [3.8, 4) is 5.75 Å². The molecule has 0 radical (unpaired) electrons. The van der Waals surface area contributed by atoms with E-state index in [-0.39, 0.29) is 11.9 Å². The second-order valence-corrected chi connectivity index (χ2v) is 6.27. The Labute approximate surface area is 141 Å². The minimum atomic E-state index is 0.172. The molecule has 0 saturated carbocycles. The summed E-state index contributed by atoms with van der Waals surface area (Å²) in [6, 6.07) is 7.64. The Morgan fingerprint density at radius 3 is 3.04 bits per heavy atom. The third kappa shape index (κ3) is 4.31. The Morgan fingerprint density at radius 2 is 2.25 bits per heavy atom. The van der Waals surface area contributed by atoms with Crippen LogP contribution in [0, 0.1) is 0 Å². The lowest BCUT2D eigenvalue weighted by Crippen LogP contribution is -2.44. The van der Waals surface area contributed by atoms with Gasteiger partial charge in [-0.15, -0.1) is 5.10 Å². The Morgan fingerprint density at radius 1 is 1.33 bits per heavy atom. The largest absolute Gasteiger partial charge is 0.508 e. The number of carbonyl (C=O) groups excluding carboxylic acids is 1. The van der Waals surface area contributed by atoms with E-state index in [4.69, 9.17) is 0 Å². The van der Waals surface area contributed by atoms with Gasteiger partial charge in [0.05, 0.1) is 6.54 Å². The molecule has 1 aromatic heterocycles. The number of hydrogen-bond donors (Lipinski definition) is 1. The van der Waals surface area contributed by atoms with Crippen molar-refractivity contribution in [3.63, 3.8) is 0 Å². The first kappa shape index (κ1) is 16.4. The van der Waals surface area contributed by atoms with Gasteiger partial charge in [0.2, 0.25) is 5.91 Å². The van der Waals surface area contributed by atoms with Crippen molar-refractivity contribution in [2.24, 2.45) is 0 Å². The molecular weight excluding hydrogens is 306 g/mol. The molecule has 2 heterocycles. The summed E-state index contributed by atoms with van der Waals surface area (Å²) >= 11 is 0. The van der Waals surface area contributed by atoms with Gasteiger partial charge >= 0.3 is 0 Å². The molecule has 0 bridgehead atoms. The van der Waals surface area contributed by atoms with E-state index in [1.165, 1.54) is 12.7 Å². The molecule has 24 heavy (non-hydrogen) atoms. The maximum Gasteiger partial charge on any atom is 0.224 e. The Balaban J connectivity index is 1.55. The zero-order valence-corrected chi connectivity index (χ0v) is 13.7. The fraction of sp³-hybridized carbons (Fsp3) is 0.529. The van der Waals surface area contributed by atoms with Gasteiger partial charge in [0.25, 0.3) is 0 Å². The lowest BCUT2D eigenvalue weighted by molar-refractivity contribution is -0.135. The van der Waals surface area contributed by atoms with E-state index in [0.29, 0.717) is 18.7 Å². The molecular formula is C17H23N5O2. The van der Waals surface area contributed by atoms with Crippen molar-refractivity contribution in [1.82, 2.24) is 25.1 Å². The molecule has 1 atom stereocenters. The summed E-state index contributed by atoms with van der Waals surface area (Å²) in [4.78, 5) is 14.6. The van der Waals surface area contributed by atoms with Gasteiger partial charge < -0.3 is 10.0 Å². The highest BCUT2D eigenvalue weighted by atomic mass is 16.3. The third-order valence-corrected chi connectivity index (χ3v) is 4.57. The number of aromatic hydroxyl groups is 1. The second kappa shape index (κ2) is 7.90. The standard InChI is InChI=1S/C17H23N5O2/c23-16-6-3-4-14(12-16)7-8-15-5-1-2-10-22(15)17(24)9-11-21-13-18-19-20-21/h3-4,6,12-13,15,23H,1-2,5,7-11H2. The number of phenolic OH excluding ortho intramolecular Hbond substituents is 1. The summed E-state index contributed by atoms with van der Waals surface area (Å²) in [6.45, 7) is 1.35. The maximum absolute atomic E-state index is 12.6. The Bertz CT molecular complexity index is 659. The van der Waals surface area contributed by atoms with Crippen LogP contribution >= 0.6 is 0 Å². The first-order chi connectivity index (χ1) is 11.7. The zero-order valence-electron chi connectivity index (χ0n) is 13.7. The molecule has 1 amide bonds. The highest BCUT2D eigenvalue weighted by Crippen LogP contribution is 2.23. The topological polar surface area (TPSA) is 84.1 Å². The summed E-state index contributed by atoms with van der Waals surface area (Å²) in [5.41, 5.74) is 1.11. The Hall–Kier alpha value is -2.44. The van der Waals surface area contributed by atoms with Crippen LogP contribution in [0.3, 0.4) is 0 Å². The summed E-state index contributed by atoms with van der Waals surface area (Å²) < 4.78 is 1.59. The first-order valence-electron chi connectivity index (χ1n) is 8.50. The van der Waals surface area contributed by atoms with Crippen LogP contribution in [0.25, 0.3) is 0 Å². The minimum absolute atomic E-state index is 0.172. The monoisotopic (exact) mass is 329 g/mol. The van der Waals surface area contributed by atoms with E-state index >= 15 is 0 Å². The van der Waals surface area contributed by atoms with Crippen molar-refractivity contribution < 1.29 is 9.90 Å². The van der Waals surface area contributed by atoms with Crippen molar-refractivity contribution in [2.45, 2.75) is 51.1 Å². The van der Waals surface area contributed by atoms with Crippen LogP contribution in [-0.4, -0.2) is 48.7 Å². The number of piperidine rings is 1. The molecule has 0 aliphatic carbocycles. The van der Waals surface area contributed by atoms with Crippen LogP contribution in [0.5, 0.6) is 5.75 Å². The molecule has 0 spiro atoms. The van der Waals surface area contributed by atoms with E-state index < -0.39 is 0 Å². The van der Waals surface area contributed by atoms with Crippen LogP contribution in [-0.2, 0) is 17.8 Å². The average molecular weight is 329 g/mol. The molecule has 1 fully saturated rings. The van der Waals surface area contributed by atoms with Crippen LogP contribution in [0.2, 0.25) is 0 Å². The smallest absolute Gasteiger partial charge is 0.224 e. The molecule has 1 aromatic carbocycles. The molecule has 1 N–H and O–H groups in total. The number of benzene rings is 1. The predicted octanol–water partition coefficient (Wildman–Crippen LogP) is 1.78. The summed E-state index contributed by atoms with van der Waals surface area (Å²) in [5, 5.41) is 20.5. The van der Waals surface area contributed by atoms with Gasteiger partial charge in [0.15, 0.2) is 0 Å². The van der Waals surface area contributed by atoms with E-state index in [1.807, 2.05) is 17.0 Å². The molecule has 2 aromatic rings. The maximum atomic E-state index is 12.6. The van der Waals surface area contributed by atoms with Crippen LogP contribution < -0.4 is 0 Å². The number of hydrogen-bond acceptors (Lipinski definition) is 5. The van der Waals surface area contributed by atoms with Gasteiger partial charge in [-0.25, -0.2) is 4.68 Å². The molecule has 1 unspecified atom stereocenters. The van der Waals surface area contributed by atoms with Gasteiger partial charge in [0, 0.05) is 19.0 Å². The first-order valence-corrected chi connectivity index (χ1v) is 8.50. The fourth-order valence-electron chi connectivity index (χ4n) is 3.31. The van der Waals surface area contributed by atoms with Gasteiger partial charge in [-0.1, -0.05) is 12.1 Å². The van der Waals surface area contributed by atoms with Gasteiger partial charge in [-0.05, 0) is 60.2 Å². The van der Waals surface area contributed by atoms with Crippen molar-refractivity contribution >= 4 is 5.91 Å². The predicted molar refractivity (Wildman–Crippen MR) is 88.2 cm³/mol. The normalized spacial score (nSPS) is 17.8. The number of likely N-dealkylation sites (tertiary alicyclic amines) is 1. The zero-order chi connectivity index (χ0) is 16.8. The van der Waals surface area contributed by atoms with Crippen molar-refractivity contribution in [1.29, 1.82) is 0 Å². The molecule has 7 nitrogen and oxygen atoms in total. The number of nitrogens with zero attached hydrogens (tertiary/aromatic N) is 5. The van der Waals surface area contributed by atoms with Gasteiger partial charge in [-0.3, -0.25) is 4.79 Å². The second-order valence-electron chi connectivity index (χ2n) is 6.27. The van der Waals surface area contributed by atoms with E-state index in [9.17, 15) is 9.90 Å². The fourth-order valence-corrected chi connectivity index (χ4v) is 3.31. The minimum Gasteiger partial charge on any atom is -0.508 e. The number of amides is 1. The summed E-state index contributed by atoms with van der Waals surface area (Å²) in [7, 11) is 0.